The highest BCUT2D eigenvalue weighted by molar-refractivity contribution is 7.09. The molecule has 2 aromatic rings. The van der Waals surface area contributed by atoms with Gasteiger partial charge in [0.15, 0.2) is 0 Å². The molecule has 1 aliphatic heterocycles. The van der Waals surface area contributed by atoms with Crippen molar-refractivity contribution in [2.45, 2.75) is 33.2 Å². The molecule has 2 amide bonds. The molecule has 1 N–H and O–H groups in total. The van der Waals surface area contributed by atoms with Crippen LogP contribution in [-0.2, 0) is 0 Å². The molecule has 6 nitrogen and oxygen atoms in total. The fraction of sp³-hybridized carbons (Fsp3) is 0.421. The first-order valence-corrected chi connectivity index (χ1v) is 9.60. The molecule has 0 radical (unpaired) electrons. The molecule has 7 heteroatoms. The first-order valence-electron chi connectivity index (χ1n) is 8.72. The topological polar surface area (TPSA) is 73.7 Å². The molecule has 0 bridgehead atoms. The summed E-state index contributed by atoms with van der Waals surface area (Å²) in [4.78, 5) is 34.3. The second-order valence-corrected chi connectivity index (χ2v) is 7.63. The summed E-state index contributed by atoms with van der Waals surface area (Å²) in [6, 6.07) is 4.94. The van der Waals surface area contributed by atoms with Gasteiger partial charge in [-0.15, -0.1) is 11.3 Å². The molecule has 1 aliphatic rings. The zero-order chi connectivity index (χ0) is 18.8. The number of phenols is 1. The molecule has 3 rings (SSSR count). The van der Waals surface area contributed by atoms with Crippen molar-refractivity contribution < 1.29 is 14.7 Å². The van der Waals surface area contributed by atoms with E-state index in [1.807, 2.05) is 18.7 Å². The largest absolute Gasteiger partial charge is 0.508 e. The van der Waals surface area contributed by atoms with E-state index in [4.69, 9.17) is 0 Å². The fourth-order valence-corrected chi connectivity index (χ4v) is 3.79. The number of nitrogens with zero attached hydrogens (tertiary/aromatic N) is 3. The van der Waals surface area contributed by atoms with Gasteiger partial charge in [0, 0.05) is 36.1 Å². The van der Waals surface area contributed by atoms with Gasteiger partial charge in [0.05, 0.1) is 5.51 Å². The maximum absolute atomic E-state index is 12.9. The highest BCUT2D eigenvalue weighted by Crippen LogP contribution is 2.23. The van der Waals surface area contributed by atoms with Gasteiger partial charge in [0.25, 0.3) is 11.8 Å². The number of thiazole rings is 1. The van der Waals surface area contributed by atoms with Crippen LogP contribution in [0, 0.1) is 13.8 Å². The van der Waals surface area contributed by atoms with Gasteiger partial charge in [-0.05, 0) is 38.0 Å². The quantitative estimate of drug-likeness (QED) is 0.898. The number of benzene rings is 1. The van der Waals surface area contributed by atoms with Gasteiger partial charge in [0.2, 0.25) is 0 Å². The summed E-state index contributed by atoms with van der Waals surface area (Å²) in [5, 5.41) is 9.89. The summed E-state index contributed by atoms with van der Waals surface area (Å²) < 4.78 is 0. The number of aromatic hydroxyl groups is 1. The molecular formula is C19H23N3O3S. The third-order valence-corrected chi connectivity index (χ3v) is 5.66. The average Bonchev–Trinajstić information content (AvgIpc) is 3.08. The zero-order valence-electron chi connectivity index (χ0n) is 15.2. The molecule has 138 valence electrons. The van der Waals surface area contributed by atoms with Crippen molar-refractivity contribution in [2.75, 3.05) is 19.6 Å². The van der Waals surface area contributed by atoms with E-state index in [2.05, 4.69) is 4.98 Å². The smallest absolute Gasteiger partial charge is 0.273 e. The molecule has 1 saturated heterocycles. The Morgan fingerprint density at radius 2 is 2.04 bits per heavy atom. The minimum absolute atomic E-state index is 0.0532. The Bertz CT molecular complexity index is 833. The lowest BCUT2D eigenvalue weighted by atomic mass is 10.0. The number of hydrogen-bond donors (Lipinski definition) is 1. The lowest BCUT2D eigenvalue weighted by Gasteiger charge is -2.41. The first kappa shape index (κ1) is 18.4. The van der Waals surface area contributed by atoms with E-state index >= 15 is 0 Å². The minimum atomic E-state index is -0.107. The molecule has 2 heterocycles. The van der Waals surface area contributed by atoms with Crippen LogP contribution in [0.3, 0.4) is 0 Å². The third kappa shape index (κ3) is 3.44. The SMILES string of the molecule is CCC1CN(C(=O)c2ncsc2C)CCN1C(=O)c1ccc(C)c(O)c1. The molecular weight excluding hydrogens is 350 g/mol. The van der Waals surface area contributed by atoms with Crippen LogP contribution < -0.4 is 0 Å². The molecule has 0 saturated carbocycles. The number of aromatic nitrogens is 1. The van der Waals surface area contributed by atoms with E-state index in [-0.39, 0.29) is 23.6 Å². The van der Waals surface area contributed by atoms with Gasteiger partial charge in [-0.3, -0.25) is 9.59 Å². The standard InChI is InChI=1S/C19H23N3O3S/c1-4-15-10-21(19(25)17-13(3)26-11-20-17)7-8-22(15)18(24)14-6-5-12(2)16(23)9-14/h5-6,9,11,15,23H,4,7-8,10H2,1-3H3. The van der Waals surface area contributed by atoms with Crippen molar-refractivity contribution >= 4 is 23.2 Å². The van der Waals surface area contributed by atoms with Gasteiger partial charge < -0.3 is 14.9 Å². The summed E-state index contributed by atoms with van der Waals surface area (Å²) in [7, 11) is 0. The number of carbonyl (C=O) groups excluding carboxylic acids is 2. The Labute approximate surface area is 157 Å². The van der Waals surface area contributed by atoms with Crippen LogP contribution in [0.1, 0.15) is 44.6 Å². The Morgan fingerprint density at radius 1 is 1.27 bits per heavy atom. The number of phenolic OH excluding ortho intramolecular Hbond substituents is 1. The second-order valence-electron chi connectivity index (χ2n) is 6.57. The van der Waals surface area contributed by atoms with Crippen molar-refractivity contribution in [1.82, 2.24) is 14.8 Å². The average molecular weight is 373 g/mol. The van der Waals surface area contributed by atoms with E-state index in [9.17, 15) is 14.7 Å². The van der Waals surface area contributed by atoms with Crippen LogP contribution in [0.5, 0.6) is 5.75 Å². The summed E-state index contributed by atoms with van der Waals surface area (Å²) in [6.07, 6.45) is 0.753. The Kier molecular flexibility index (Phi) is 5.27. The molecule has 0 aliphatic carbocycles. The molecule has 26 heavy (non-hydrogen) atoms. The van der Waals surface area contributed by atoms with Crippen LogP contribution in [0.2, 0.25) is 0 Å². The van der Waals surface area contributed by atoms with Crippen LogP contribution in [-0.4, -0.2) is 57.4 Å². The van der Waals surface area contributed by atoms with Gasteiger partial charge >= 0.3 is 0 Å². The van der Waals surface area contributed by atoms with E-state index in [0.717, 1.165) is 16.9 Å². The molecule has 1 atom stereocenters. The highest BCUT2D eigenvalue weighted by Gasteiger charge is 2.33. The number of hydrogen-bond acceptors (Lipinski definition) is 5. The lowest BCUT2D eigenvalue weighted by Crippen LogP contribution is -2.56. The Balaban J connectivity index is 1.75. The number of piperazine rings is 1. The van der Waals surface area contributed by atoms with Crippen molar-refractivity contribution in [3.8, 4) is 5.75 Å². The summed E-state index contributed by atoms with van der Waals surface area (Å²) in [5.41, 5.74) is 3.40. The maximum Gasteiger partial charge on any atom is 0.273 e. The van der Waals surface area contributed by atoms with Gasteiger partial charge in [0.1, 0.15) is 11.4 Å². The maximum atomic E-state index is 12.9. The summed E-state index contributed by atoms with van der Waals surface area (Å²) in [5.74, 6) is -0.0527. The normalized spacial score (nSPS) is 17.4. The highest BCUT2D eigenvalue weighted by atomic mass is 32.1. The van der Waals surface area contributed by atoms with Crippen molar-refractivity contribution in [2.24, 2.45) is 0 Å². The van der Waals surface area contributed by atoms with Gasteiger partial charge in [-0.25, -0.2) is 4.98 Å². The Morgan fingerprint density at radius 3 is 2.65 bits per heavy atom. The molecule has 0 spiro atoms. The second kappa shape index (κ2) is 7.45. The van der Waals surface area contributed by atoms with Crippen LogP contribution in [0.15, 0.2) is 23.7 Å². The zero-order valence-corrected chi connectivity index (χ0v) is 16.0. The number of amides is 2. The van der Waals surface area contributed by atoms with E-state index < -0.39 is 0 Å². The first-order chi connectivity index (χ1) is 12.4. The minimum Gasteiger partial charge on any atom is -0.508 e. The molecule has 1 fully saturated rings. The van der Waals surface area contributed by atoms with Gasteiger partial charge in [-0.1, -0.05) is 13.0 Å². The predicted octanol–water partition coefficient (Wildman–Crippen LogP) is 2.84. The fourth-order valence-electron chi connectivity index (χ4n) is 3.23. The number of rotatable bonds is 3. The van der Waals surface area contributed by atoms with E-state index in [0.29, 0.717) is 30.9 Å². The Hall–Kier alpha value is -2.41. The van der Waals surface area contributed by atoms with Crippen molar-refractivity contribution in [3.05, 3.63) is 45.4 Å². The molecule has 1 unspecified atom stereocenters. The van der Waals surface area contributed by atoms with Crippen molar-refractivity contribution in [1.29, 1.82) is 0 Å². The lowest BCUT2D eigenvalue weighted by molar-refractivity contribution is 0.0377. The van der Waals surface area contributed by atoms with Crippen molar-refractivity contribution in [3.63, 3.8) is 0 Å². The number of carbonyl (C=O) groups is 2. The van der Waals surface area contributed by atoms with Crippen LogP contribution >= 0.6 is 11.3 Å². The monoisotopic (exact) mass is 373 g/mol. The third-order valence-electron chi connectivity index (χ3n) is 4.91. The molecule has 1 aromatic heterocycles. The van der Waals surface area contributed by atoms with E-state index in [1.165, 1.54) is 17.4 Å². The number of aryl methyl sites for hydroxylation is 2. The predicted molar refractivity (Wildman–Crippen MR) is 101 cm³/mol. The summed E-state index contributed by atoms with van der Waals surface area (Å²) in [6.45, 7) is 7.15. The molecule has 1 aromatic carbocycles. The van der Waals surface area contributed by atoms with Crippen LogP contribution in [0.25, 0.3) is 0 Å². The van der Waals surface area contributed by atoms with Gasteiger partial charge in [-0.2, -0.15) is 0 Å². The van der Waals surface area contributed by atoms with Crippen LogP contribution in [0.4, 0.5) is 0 Å². The van der Waals surface area contributed by atoms with E-state index in [1.54, 1.807) is 29.5 Å². The summed E-state index contributed by atoms with van der Waals surface area (Å²) >= 11 is 1.46.